The number of hydrogen-bond donors (Lipinski definition) is 0. The van der Waals surface area contributed by atoms with E-state index < -0.39 is 10.0 Å². The first-order valence-corrected chi connectivity index (χ1v) is 10.3. The van der Waals surface area contributed by atoms with Gasteiger partial charge in [-0.25, -0.2) is 8.42 Å². The fraction of sp³-hybridized carbons (Fsp3) is 0.474. The molecule has 0 bridgehead atoms. The second-order valence-corrected chi connectivity index (χ2v) is 8.36. The van der Waals surface area contributed by atoms with Gasteiger partial charge in [0.05, 0.1) is 5.69 Å². The minimum Gasteiger partial charge on any atom is -0.465 e. The van der Waals surface area contributed by atoms with Crippen LogP contribution >= 0.6 is 0 Å². The van der Waals surface area contributed by atoms with E-state index in [1.807, 2.05) is 30.3 Å². The van der Waals surface area contributed by atoms with Gasteiger partial charge in [0, 0.05) is 25.2 Å². The molecule has 0 amide bonds. The molecule has 136 valence electrons. The maximum Gasteiger partial charge on any atom is 0.268 e. The number of anilines is 1. The van der Waals surface area contributed by atoms with Crippen LogP contribution in [0.5, 0.6) is 0 Å². The lowest BCUT2D eigenvalue weighted by molar-refractivity contribution is 0.224. The van der Waals surface area contributed by atoms with Gasteiger partial charge < -0.3 is 9.32 Å². The fourth-order valence-corrected chi connectivity index (χ4v) is 5.49. The van der Waals surface area contributed by atoms with Crippen LogP contribution in [0.3, 0.4) is 0 Å². The summed E-state index contributed by atoms with van der Waals surface area (Å²) in [5.41, 5.74) is 0.718. The quantitative estimate of drug-likeness (QED) is 0.816. The molecule has 0 saturated carbocycles. The Morgan fingerprint density at radius 1 is 1.16 bits per heavy atom. The minimum absolute atomic E-state index is 0.0372. The van der Waals surface area contributed by atoms with E-state index in [4.69, 9.17) is 4.42 Å². The number of benzene rings is 1. The number of sulfonamides is 1. The molecule has 0 unspecified atom stereocenters. The maximum atomic E-state index is 13.5. The van der Waals surface area contributed by atoms with Crippen molar-refractivity contribution in [3.63, 3.8) is 0 Å². The third kappa shape index (κ3) is 3.60. The zero-order valence-electron chi connectivity index (χ0n) is 15.1. The summed E-state index contributed by atoms with van der Waals surface area (Å²) in [6.07, 6.45) is 1.66. The van der Waals surface area contributed by atoms with E-state index in [0.29, 0.717) is 11.5 Å². The normalized spacial score (nSPS) is 16.9. The van der Waals surface area contributed by atoms with Crippen molar-refractivity contribution in [2.24, 2.45) is 0 Å². The van der Waals surface area contributed by atoms with Gasteiger partial charge in [-0.05, 0) is 45.4 Å². The zero-order valence-corrected chi connectivity index (χ0v) is 15.9. The molecule has 2 heterocycles. The molecule has 5 nitrogen and oxygen atoms in total. The lowest BCUT2D eigenvalue weighted by Gasteiger charge is -2.38. The summed E-state index contributed by atoms with van der Waals surface area (Å²) >= 11 is 0. The molecule has 3 rings (SSSR count). The highest BCUT2D eigenvalue weighted by Crippen LogP contribution is 2.32. The number of furan rings is 1. The van der Waals surface area contributed by atoms with Crippen molar-refractivity contribution in [3.8, 4) is 0 Å². The van der Waals surface area contributed by atoms with Crippen LogP contribution in [-0.4, -0.2) is 39.0 Å². The summed E-state index contributed by atoms with van der Waals surface area (Å²) < 4.78 is 34.0. The number of para-hydroxylation sites is 1. The average Bonchev–Trinajstić information content (AvgIpc) is 2.96. The zero-order chi connectivity index (χ0) is 18.0. The Hall–Kier alpha value is -1.79. The van der Waals surface area contributed by atoms with E-state index in [1.165, 1.54) is 0 Å². The van der Waals surface area contributed by atoms with Crippen LogP contribution in [0, 0.1) is 13.8 Å². The third-order valence-electron chi connectivity index (χ3n) is 4.88. The van der Waals surface area contributed by atoms with Crippen LogP contribution in [0.2, 0.25) is 0 Å². The molecule has 2 aromatic rings. The molecule has 0 radical (unpaired) electrons. The highest BCUT2D eigenvalue weighted by Gasteiger charge is 2.35. The molecule has 0 atom stereocenters. The Labute approximate surface area is 150 Å². The van der Waals surface area contributed by atoms with Crippen molar-refractivity contribution in [2.45, 2.75) is 44.6 Å². The standard InChI is InChI=1S/C19H26N2O3S/c1-4-20-12-10-18(11-13-20)21(17-8-6-5-7-9-17)25(22,23)19-14-15(2)24-16(19)3/h5-9,14,18H,4,10-13H2,1-3H3. The number of rotatable bonds is 5. The summed E-state index contributed by atoms with van der Waals surface area (Å²) in [4.78, 5) is 2.63. The molecule has 6 heteroatoms. The van der Waals surface area contributed by atoms with Gasteiger partial charge in [0.1, 0.15) is 16.4 Å². The predicted octanol–water partition coefficient (Wildman–Crippen LogP) is 3.58. The largest absolute Gasteiger partial charge is 0.465 e. The van der Waals surface area contributed by atoms with Gasteiger partial charge in [-0.1, -0.05) is 25.1 Å². The highest BCUT2D eigenvalue weighted by atomic mass is 32.2. The summed E-state index contributed by atoms with van der Waals surface area (Å²) in [6.45, 7) is 8.47. The molecule has 1 aliphatic rings. The number of aryl methyl sites for hydroxylation is 2. The molecule has 1 aromatic carbocycles. The van der Waals surface area contributed by atoms with E-state index in [1.54, 1.807) is 24.2 Å². The van der Waals surface area contributed by atoms with E-state index >= 15 is 0 Å². The summed E-state index contributed by atoms with van der Waals surface area (Å²) in [7, 11) is -3.67. The van der Waals surface area contributed by atoms with Crippen LogP contribution in [0.25, 0.3) is 0 Å². The number of piperidine rings is 1. The van der Waals surface area contributed by atoms with Gasteiger partial charge in [-0.15, -0.1) is 0 Å². The van der Waals surface area contributed by atoms with Crippen LogP contribution in [0.4, 0.5) is 5.69 Å². The SMILES string of the molecule is CCN1CCC(N(c2ccccc2)S(=O)(=O)c2cc(C)oc2C)CC1. The topological polar surface area (TPSA) is 53.8 Å². The van der Waals surface area contributed by atoms with Crippen molar-refractivity contribution in [1.29, 1.82) is 0 Å². The molecule has 0 N–H and O–H groups in total. The summed E-state index contributed by atoms with van der Waals surface area (Å²) in [5, 5.41) is 0. The second kappa shape index (κ2) is 7.22. The number of likely N-dealkylation sites (tertiary alicyclic amines) is 1. The molecular formula is C19H26N2O3S. The molecular weight excluding hydrogens is 336 g/mol. The van der Waals surface area contributed by atoms with Gasteiger partial charge in [0.2, 0.25) is 0 Å². The minimum atomic E-state index is -3.67. The Morgan fingerprint density at radius 2 is 1.80 bits per heavy atom. The van der Waals surface area contributed by atoms with Gasteiger partial charge >= 0.3 is 0 Å². The third-order valence-corrected chi connectivity index (χ3v) is 6.87. The van der Waals surface area contributed by atoms with Crippen LogP contribution < -0.4 is 4.31 Å². The van der Waals surface area contributed by atoms with E-state index in [2.05, 4.69) is 11.8 Å². The first kappa shape index (κ1) is 18.0. The number of nitrogens with zero attached hydrogens (tertiary/aromatic N) is 2. The molecule has 1 saturated heterocycles. The van der Waals surface area contributed by atoms with E-state index in [0.717, 1.165) is 38.2 Å². The van der Waals surface area contributed by atoms with Crippen molar-refractivity contribution < 1.29 is 12.8 Å². The summed E-state index contributed by atoms with van der Waals surface area (Å²) in [5.74, 6) is 1.06. The van der Waals surface area contributed by atoms with Crippen LogP contribution in [0.15, 0.2) is 45.7 Å². The van der Waals surface area contributed by atoms with Gasteiger partial charge in [0.25, 0.3) is 10.0 Å². The first-order valence-electron chi connectivity index (χ1n) is 8.82. The van der Waals surface area contributed by atoms with Gasteiger partial charge in [-0.2, -0.15) is 0 Å². The Kier molecular flexibility index (Phi) is 5.20. The molecule has 1 aromatic heterocycles. The van der Waals surface area contributed by atoms with Crippen molar-refractivity contribution in [3.05, 3.63) is 47.9 Å². The molecule has 1 fully saturated rings. The lowest BCUT2D eigenvalue weighted by Crippen LogP contribution is -2.47. The lowest BCUT2D eigenvalue weighted by atomic mass is 10.0. The van der Waals surface area contributed by atoms with E-state index in [-0.39, 0.29) is 10.9 Å². The Morgan fingerprint density at radius 3 is 2.32 bits per heavy atom. The Balaban J connectivity index is 2.01. The molecule has 25 heavy (non-hydrogen) atoms. The van der Waals surface area contributed by atoms with Crippen LogP contribution in [0.1, 0.15) is 31.3 Å². The smallest absolute Gasteiger partial charge is 0.268 e. The Bertz CT molecular complexity index is 806. The summed E-state index contributed by atoms with van der Waals surface area (Å²) in [6, 6.07) is 11.0. The second-order valence-electron chi connectivity index (χ2n) is 6.58. The molecule has 1 aliphatic heterocycles. The van der Waals surface area contributed by atoms with Crippen molar-refractivity contribution in [1.82, 2.24) is 4.90 Å². The monoisotopic (exact) mass is 362 g/mol. The predicted molar refractivity (Wildman–Crippen MR) is 99.4 cm³/mol. The van der Waals surface area contributed by atoms with Gasteiger partial charge in [0.15, 0.2) is 0 Å². The van der Waals surface area contributed by atoms with Crippen molar-refractivity contribution >= 4 is 15.7 Å². The fourth-order valence-electron chi connectivity index (χ4n) is 3.56. The average molecular weight is 362 g/mol. The van der Waals surface area contributed by atoms with Crippen molar-refractivity contribution in [2.75, 3.05) is 23.9 Å². The molecule has 0 aliphatic carbocycles. The number of hydrogen-bond acceptors (Lipinski definition) is 4. The van der Waals surface area contributed by atoms with Crippen LogP contribution in [-0.2, 0) is 10.0 Å². The first-order chi connectivity index (χ1) is 11.9. The van der Waals surface area contributed by atoms with E-state index in [9.17, 15) is 8.42 Å². The molecule has 0 spiro atoms. The maximum absolute atomic E-state index is 13.5. The highest BCUT2D eigenvalue weighted by molar-refractivity contribution is 7.93. The van der Waals surface area contributed by atoms with Gasteiger partial charge in [-0.3, -0.25) is 4.31 Å².